The van der Waals surface area contributed by atoms with Gasteiger partial charge in [-0.15, -0.1) is 0 Å². The Labute approximate surface area is 96.9 Å². The van der Waals surface area contributed by atoms with Crippen LogP contribution in [0.4, 0.5) is 5.95 Å². The predicted octanol–water partition coefficient (Wildman–Crippen LogP) is 1.62. The first-order valence-corrected chi connectivity index (χ1v) is 5.98. The highest BCUT2D eigenvalue weighted by atomic mass is 15.3. The van der Waals surface area contributed by atoms with Gasteiger partial charge < -0.3 is 10.6 Å². The summed E-state index contributed by atoms with van der Waals surface area (Å²) in [7, 11) is 2.09. The van der Waals surface area contributed by atoms with Crippen molar-refractivity contribution < 1.29 is 0 Å². The van der Waals surface area contributed by atoms with Crippen LogP contribution in [-0.4, -0.2) is 23.1 Å². The number of nitrogens with zero attached hydrogens (tertiary/aromatic N) is 3. The van der Waals surface area contributed by atoms with E-state index in [0.717, 1.165) is 17.2 Å². The third-order valence-electron chi connectivity index (χ3n) is 3.48. The molecule has 4 nitrogen and oxygen atoms in total. The summed E-state index contributed by atoms with van der Waals surface area (Å²) in [5.41, 5.74) is 7.63. The average molecular weight is 220 g/mol. The van der Waals surface area contributed by atoms with Crippen LogP contribution >= 0.6 is 0 Å². The molecule has 0 unspecified atom stereocenters. The number of aryl methyl sites for hydroxylation is 1. The summed E-state index contributed by atoms with van der Waals surface area (Å²) in [6.07, 6.45) is 7.03. The topological polar surface area (TPSA) is 55.0 Å². The number of hydrogen-bond donors (Lipinski definition) is 1. The lowest BCUT2D eigenvalue weighted by Crippen LogP contribution is -2.30. The second-order valence-corrected chi connectivity index (χ2v) is 4.53. The van der Waals surface area contributed by atoms with Gasteiger partial charge in [0.15, 0.2) is 0 Å². The molecule has 4 heteroatoms. The Hall–Kier alpha value is -1.16. The van der Waals surface area contributed by atoms with E-state index >= 15 is 0 Å². The first-order valence-electron chi connectivity index (χ1n) is 5.98. The molecule has 2 rings (SSSR count). The molecule has 0 spiro atoms. The van der Waals surface area contributed by atoms with Crippen LogP contribution in [0.2, 0.25) is 0 Å². The average Bonchev–Trinajstić information content (AvgIpc) is 2.81. The Balaban J connectivity index is 2.16. The number of rotatable bonds is 3. The van der Waals surface area contributed by atoms with Crippen molar-refractivity contribution in [2.24, 2.45) is 5.73 Å². The molecule has 2 N–H and O–H groups in total. The number of nitrogens with two attached hydrogens (primary N) is 1. The zero-order valence-electron chi connectivity index (χ0n) is 10.1. The van der Waals surface area contributed by atoms with Crippen molar-refractivity contribution in [1.29, 1.82) is 0 Å². The maximum Gasteiger partial charge on any atom is 0.225 e. The van der Waals surface area contributed by atoms with Gasteiger partial charge in [0.2, 0.25) is 5.95 Å². The normalized spacial score (nSPS) is 16.7. The van der Waals surface area contributed by atoms with E-state index in [0.29, 0.717) is 12.6 Å². The fraction of sp³-hybridized carbons (Fsp3) is 0.667. The van der Waals surface area contributed by atoms with Gasteiger partial charge in [0, 0.05) is 37.1 Å². The van der Waals surface area contributed by atoms with Gasteiger partial charge in [-0.1, -0.05) is 12.8 Å². The molecule has 1 aromatic rings. The Morgan fingerprint density at radius 3 is 2.69 bits per heavy atom. The summed E-state index contributed by atoms with van der Waals surface area (Å²) < 4.78 is 0. The number of hydrogen-bond acceptors (Lipinski definition) is 4. The SMILES string of the molecule is Cc1nc(N(C)C2CCCC2)ncc1CN. The zero-order chi connectivity index (χ0) is 11.5. The molecule has 1 aliphatic rings. The fourth-order valence-corrected chi connectivity index (χ4v) is 2.30. The summed E-state index contributed by atoms with van der Waals surface area (Å²) in [6, 6.07) is 0.614. The van der Waals surface area contributed by atoms with Crippen molar-refractivity contribution in [2.75, 3.05) is 11.9 Å². The van der Waals surface area contributed by atoms with E-state index in [9.17, 15) is 0 Å². The molecule has 1 aromatic heterocycles. The van der Waals surface area contributed by atoms with Crippen LogP contribution in [0.3, 0.4) is 0 Å². The molecule has 16 heavy (non-hydrogen) atoms. The van der Waals surface area contributed by atoms with Crippen LogP contribution in [0, 0.1) is 6.92 Å². The van der Waals surface area contributed by atoms with Gasteiger partial charge in [-0.25, -0.2) is 9.97 Å². The molecule has 1 heterocycles. The van der Waals surface area contributed by atoms with E-state index < -0.39 is 0 Å². The van der Waals surface area contributed by atoms with Crippen molar-refractivity contribution in [3.63, 3.8) is 0 Å². The van der Waals surface area contributed by atoms with Gasteiger partial charge in [-0.05, 0) is 19.8 Å². The van der Waals surface area contributed by atoms with Crippen molar-refractivity contribution in [3.05, 3.63) is 17.5 Å². The monoisotopic (exact) mass is 220 g/mol. The first kappa shape index (κ1) is 11.3. The zero-order valence-corrected chi connectivity index (χ0v) is 10.1. The van der Waals surface area contributed by atoms with Crippen LogP contribution in [-0.2, 0) is 6.54 Å². The van der Waals surface area contributed by atoms with Crippen LogP contribution in [0.15, 0.2) is 6.20 Å². The highest BCUT2D eigenvalue weighted by Gasteiger charge is 2.21. The van der Waals surface area contributed by atoms with Gasteiger partial charge in [0.25, 0.3) is 0 Å². The maximum absolute atomic E-state index is 5.61. The standard InChI is InChI=1S/C12H20N4/c1-9-10(7-13)8-14-12(15-9)16(2)11-5-3-4-6-11/h8,11H,3-7,13H2,1-2H3. The van der Waals surface area contributed by atoms with E-state index in [1.165, 1.54) is 25.7 Å². The van der Waals surface area contributed by atoms with Crippen LogP contribution < -0.4 is 10.6 Å². The minimum Gasteiger partial charge on any atom is -0.341 e. The van der Waals surface area contributed by atoms with Crippen LogP contribution in [0.5, 0.6) is 0 Å². The molecule has 1 fully saturated rings. The lowest BCUT2D eigenvalue weighted by Gasteiger charge is -2.24. The summed E-state index contributed by atoms with van der Waals surface area (Å²) in [5, 5.41) is 0. The van der Waals surface area contributed by atoms with Gasteiger partial charge in [-0.3, -0.25) is 0 Å². The quantitative estimate of drug-likeness (QED) is 0.841. The molecule has 0 aromatic carbocycles. The Morgan fingerprint density at radius 2 is 2.12 bits per heavy atom. The molecule has 0 aliphatic heterocycles. The van der Waals surface area contributed by atoms with Crippen molar-refractivity contribution in [2.45, 2.75) is 45.2 Å². The van der Waals surface area contributed by atoms with E-state index in [4.69, 9.17) is 5.73 Å². The first-order chi connectivity index (χ1) is 7.72. The van der Waals surface area contributed by atoms with Gasteiger partial charge >= 0.3 is 0 Å². The van der Waals surface area contributed by atoms with Crippen molar-refractivity contribution in [3.8, 4) is 0 Å². The summed E-state index contributed by atoms with van der Waals surface area (Å²) in [4.78, 5) is 11.1. The highest BCUT2D eigenvalue weighted by molar-refractivity contribution is 5.33. The smallest absolute Gasteiger partial charge is 0.225 e. The molecule has 0 saturated heterocycles. The fourth-order valence-electron chi connectivity index (χ4n) is 2.30. The third-order valence-corrected chi connectivity index (χ3v) is 3.48. The van der Waals surface area contributed by atoms with Gasteiger partial charge in [-0.2, -0.15) is 0 Å². The Bertz CT molecular complexity index is 358. The second kappa shape index (κ2) is 4.78. The third kappa shape index (κ3) is 2.16. The Kier molecular flexibility index (Phi) is 3.39. The van der Waals surface area contributed by atoms with Gasteiger partial charge in [0.1, 0.15) is 0 Å². The summed E-state index contributed by atoms with van der Waals surface area (Å²) in [6.45, 7) is 2.51. The van der Waals surface area contributed by atoms with E-state index in [1.54, 1.807) is 0 Å². The molecule has 88 valence electrons. The molecule has 1 aliphatic carbocycles. The lowest BCUT2D eigenvalue weighted by atomic mass is 10.2. The predicted molar refractivity (Wildman–Crippen MR) is 65.3 cm³/mol. The minimum absolute atomic E-state index is 0.513. The van der Waals surface area contributed by atoms with Crippen molar-refractivity contribution >= 4 is 5.95 Å². The molecular formula is C12H20N4. The lowest BCUT2D eigenvalue weighted by molar-refractivity contribution is 0.636. The summed E-state index contributed by atoms with van der Waals surface area (Å²) >= 11 is 0. The van der Waals surface area contributed by atoms with E-state index in [2.05, 4.69) is 21.9 Å². The Morgan fingerprint density at radius 1 is 1.44 bits per heavy atom. The molecular weight excluding hydrogens is 200 g/mol. The molecule has 0 bridgehead atoms. The van der Waals surface area contributed by atoms with Crippen LogP contribution in [0.1, 0.15) is 36.9 Å². The molecule has 0 radical (unpaired) electrons. The molecule has 0 atom stereocenters. The number of aromatic nitrogens is 2. The second-order valence-electron chi connectivity index (χ2n) is 4.53. The van der Waals surface area contributed by atoms with Gasteiger partial charge in [0.05, 0.1) is 0 Å². The highest BCUT2D eigenvalue weighted by Crippen LogP contribution is 2.25. The minimum atomic E-state index is 0.513. The summed E-state index contributed by atoms with van der Waals surface area (Å²) in [5.74, 6) is 0.835. The van der Waals surface area contributed by atoms with Crippen LogP contribution in [0.25, 0.3) is 0 Å². The van der Waals surface area contributed by atoms with E-state index in [1.807, 2.05) is 13.1 Å². The maximum atomic E-state index is 5.61. The largest absolute Gasteiger partial charge is 0.341 e. The number of anilines is 1. The molecule has 0 amide bonds. The van der Waals surface area contributed by atoms with Crippen molar-refractivity contribution in [1.82, 2.24) is 9.97 Å². The van der Waals surface area contributed by atoms with E-state index in [-0.39, 0.29) is 0 Å². The molecule has 1 saturated carbocycles.